The Morgan fingerprint density at radius 2 is 2.13 bits per heavy atom. The van der Waals surface area contributed by atoms with E-state index in [1.54, 1.807) is 12.1 Å². The number of halogens is 1. The van der Waals surface area contributed by atoms with Crippen LogP contribution in [0.2, 0.25) is 0 Å². The van der Waals surface area contributed by atoms with Crippen molar-refractivity contribution < 1.29 is 14.7 Å². The van der Waals surface area contributed by atoms with E-state index >= 15 is 0 Å². The number of amides is 1. The Hall–Kier alpha value is -1.56. The minimum Gasteiger partial charge on any atom is -0.480 e. The number of nitrogens with two attached hydrogens (primary N) is 1. The van der Waals surface area contributed by atoms with Gasteiger partial charge in [-0.2, -0.15) is 0 Å². The van der Waals surface area contributed by atoms with Crippen LogP contribution in [-0.2, 0) is 4.79 Å². The lowest BCUT2D eigenvalue weighted by Crippen LogP contribution is -2.29. The van der Waals surface area contributed by atoms with Crippen molar-refractivity contribution in [2.75, 3.05) is 12.3 Å². The topological polar surface area (TPSA) is 92.4 Å². The zero-order valence-corrected chi connectivity index (χ0v) is 9.24. The second-order valence-electron chi connectivity index (χ2n) is 2.81. The third kappa shape index (κ3) is 3.25. The van der Waals surface area contributed by atoms with Crippen LogP contribution in [0.4, 0.5) is 5.69 Å². The Labute approximate surface area is 94.4 Å². The molecule has 0 aliphatic heterocycles. The smallest absolute Gasteiger partial charge is 0.322 e. The standard InChI is InChI=1S/C9H9BrN2O3/c10-5-1-2-7(11)6(3-5)9(15)12-4-8(13)14/h1-3H,4,11H2,(H,12,15)(H,13,14). The fraction of sp³-hybridized carbons (Fsp3) is 0.111. The third-order valence-corrected chi connectivity index (χ3v) is 2.15. The Balaban J connectivity index is 2.81. The molecule has 1 rings (SSSR count). The summed E-state index contributed by atoms with van der Waals surface area (Å²) in [5.41, 5.74) is 6.13. The van der Waals surface area contributed by atoms with E-state index in [0.717, 1.165) is 0 Å². The first-order valence-electron chi connectivity index (χ1n) is 4.05. The minimum absolute atomic E-state index is 0.255. The van der Waals surface area contributed by atoms with E-state index in [-0.39, 0.29) is 5.56 Å². The fourth-order valence-electron chi connectivity index (χ4n) is 0.976. The number of rotatable bonds is 3. The molecule has 0 aromatic heterocycles. The number of aliphatic carboxylic acids is 1. The van der Waals surface area contributed by atoms with Crippen molar-refractivity contribution >= 4 is 33.5 Å². The van der Waals surface area contributed by atoms with Gasteiger partial charge in [0.2, 0.25) is 0 Å². The molecule has 1 amide bonds. The maximum absolute atomic E-state index is 11.4. The van der Waals surface area contributed by atoms with E-state index in [2.05, 4.69) is 21.2 Å². The van der Waals surface area contributed by atoms with Crippen LogP contribution < -0.4 is 11.1 Å². The van der Waals surface area contributed by atoms with Crippen molar-refractivity contribution in [1.29, 1.82) is 0 Å². The second kappa shape index (κ2) is 4.79. The number of carboxylic acids is 1. The van der Waals surface area contributed by atoms with E-state index < -0.39 is 18.4 Å². The van der Waals surface area contributed by atoms with Crippen LogP contribution in [0.15, 0.2) is 22.7 Å². The summed E-state index contributed by atoms with van der Waals surface area (Å²) in [6.07, 6.45) is 0. The van der Waals surface area contributed by atoms with Gasteiger partial charge in [0.15, 0.2) is 0 Å². The van der Waals surface area contributed by atoms with Gasteiger partial charge in [-0.15, -0.1) is 0 Å². The number of carboxylic acid groups (broad SMARTS) is 1. The van der Waals surface area contributed by atoms with Gasteiger partial charge < -0.3 is 16.2 Å². The molecule has 4 N–H and O–H groups in total. The minimum atomic E-state index is -1.10. The maximum atomic E-state index is 11.4. The Bertz CT molecular complexity index is 406. The summed E-state index contributed by atoms with van der Waals surface area (Å²) in [5.74, 6) is -1.60. The first-order chi connectivity index (χ1) is 7.00. The summed E-state index contributed by atoms with van der Waals surface area (Å²) < 4.78 is 0.706. The van der Waals surface area contributed by atoms with Gasteiger partial charge in [0, 0.05) is 10.2 Å². The van der Waals surface area contributed by atoms with Crippen LogP contribution in [0.25, 0.3) is 0 Å². The van der Waals surface area contributed by atoms with Crippen molar-refractivity contribution in [3.05, 3.63) is 28.2 Å². The zero-order valence-electron chi connectivity index (χ0n) is 7.66. The number of carbonyl (C=O) groups is 2. The van der Waals surface area contributed by atoms with E-state index in [1.807, 2.05) is 0 Å². The molecular weight excluding hydrogens is 264 g/mol. The van der Waals surface area contributed by atoms with E-state index in [1.165, 1.54) is 6.07 Å². The first-order valence-corrected chi connectivity index (χ1v) is 4.85. The van der Waals surface area contributed by atoms with Crippen molar-refractivity contribution in [3.63, 3.8) is 0 Å². The van der Waals surface area contributed by atoms with Crippen LogP contribution >= 0.6 is 15.9 Å². The molecule has 0 spiro atoms. The van der Waals surface area contributed by atoms with Gasteiger partial charge in [0.05, 0.1) is 5.56 Å². The van der Waals surface area contributed by atoms with Gasteiger partial charge in [0.25, 0.3) is 5.91 Å². The summed E-state index contributed by atoms with van der Waals surface area (Å²) in [6.45, 7) is -0.426. The van der Waals surface area contributed by atoms with Crippen molar-refractivity contribution in [2.45, 2.75) is 0 Å². The van der Waals surface area contributed by atoms with Crippen molar-refractivity contribution in [2.24, 2.45) is 0 Å². The summed E-state index contributed by atoms with van der Waals surface area (Å²) in [5, 5.41) is 10.6. The molecule has 5 nitrogen and oxygen atoms in total. The summed E-state index contributed by atoms with van der Waals surface area (Å²) >= 11 is 3.19. The molecule has 0 unspecified atom stereocenters. The lowest BCUT2D eigenvalue weighted by Gasteiger charge is -2.05. The van der Waals surface area contributed by atoms with E-state index in [0.29, 0.717) is 10.2 Å². The average molecular weight is 273 g/mol. The van der Waals surface area contributed by atoms with Gasteiger partial charge in [-0.05, 0) is 18.2 Å². The summed E-state index contributed by atoms with van der Waals surface area (Å²) in [6, 6.07) is 4.80. The molecule has 15 heavy (non-hydrogen) atoms. The number of hydrogen-bond acceptors (Lipinski definition) is 3. The number of anilines is 1. The molecule has 0 radical (unpaired) electrons. The Kier molecular flexibility index (Phi) is 3.68. The third-order valence-electron chi connectivity index (χ3n) is 1.66. The molecular formula is C9H9BrN2O3. The highest BCUT2D eigenvalue weighted by molar-refractivity contribution is 9.10. The number of carbonyl (C=O) groups excluding carboxylic acids is 1. The molecule has 1 aromatic rings. The lowest BCUT2D eigenvalue weighted by molar-refractivity contribution is -0.135. The summed E-state index contributed by atoms with van der Waals surface area (Å²) in [4.78, 5) is 21.7. The number of benzene rings is 1. The second-order valence-corrected chi connectivity index (χ2v) is 3.72. The van der Waals surface area contributed by atoms with Crippen LogP contribution in [0.1, 0.15) is 10.4 Å². The van der Waals surface area contributed by atoms with Crippen molar-refractivity contribution in [1.82, 2.24) is 5.32 Å². The predicted molar refractivity (Wildman–Crippen MR) is 58.5 cm³/mol. The molecule has 1 aromatic carbocycles. The molecule has 0 aliphatic carbocycles. The molecule has 0 aliphatic rings. The Morgan fingerprint density at radius 3 is 2.73 bits per heavy atom. The normalized spacial score (nSPS) is 9.67. The highest BCUT2D eigenvalue weighted by atomic mass is 79.9. The number of nitrogen functional groups attached to an aromatic ring is 1. The first kappa shape index (κ1) is 11.5. The van der Waals surface area contributed by atoms with Gasteiger partial charge >= 0.3 is 5.97 Å². The highest BCUT2D eigenvalue weighted by Crippen LogP contribution is 2.18. The monoisotopic (exact) mass is 272 g/mol. The molecule has 0 heterocycles. The Morgan fingerprint density at radius 1 is 1.47 bits per heavy atom. The number of hydrogen-bond donors (Lipinski definition) is 3. The number of nitrogens with one attached hydrogen (secondary N) is 1. The quantitative estimate of drug-likeness (QED) is 0.712. The average Bonchev–Trinajstić information content (AvgIpc) is 2.18. The molecule has 80 valence electrons. The molecule has 0 bridgehead atoms. The van der Waals surface area contributed by atoms with Crippen LogP contribution in [0.5, 0.6) is 0 Å². The van der Waals surface area contributed by atoms with Crippen molar-refractivity contribution in [3.8, 4) is 0 Å². The fourth-order valence-corrected chi connectivity index (χ4v) is 1.34. The highest BCUT2D eigenvalue weighted by Gasteiger charge is 2.10. The van der Waals surface area contributed by atoms with Crippen LogP contribution in [-0.4, -0.2) is 23.5 Å². The molecule has 6 heteroatoms. The largest absolute Gasteiger partial charge is 0.480 e. The lowest BCUT2D eigenvalue weighted by atomic mass is 10.1. The molecule has 0 fully saturated rings. The van der Waals surface area contributed by atoms with E-state index in [4.69, 9.17) is 10.8 Å². The van der Waals surface area contributed by atoms with Gasteiger partial charge in [-0.3, -0.25) is 9.59 Å². The van der Waals surface area contributed by atoms with Crippen LogP contribution in [0, 0.1) is 0 Å². The zero-order chi connectivity index (χ0) is 11.4. The SMILES string of the molecule is Nc1ccc(Br)cc1C(=O)NCC(=O)O. The van der Waals surface area contributed by atoms with Gasteiger partial charge in [-0.1, -0.05) is 15.9 Å². The van der Waals surface area contributed by atoms with Gasteiger partial charge in [0.1, 0.15) is 6.54 Å². The molecule has 0 saturated carbocycles. The maximum Gasteiger partial charge on any atom is 0.322 e. The summed E-state index contributed by atoms with van der Waals surface area (Å²) in [7, 11) is 0. The van der Waals surface area contributed by atoms with E-state index in [9.17, 15) is 9.59 Å². The van der Waals surface area contributed by atoms with Crippen LogP contribution in [0.3, 0.4) is 0 Å². The molecule has 0 saturated heterocycles. The van der Waals surface area contributed by atoms with Gasteiger partial charge in [-0.25, -0.2) is 0 Å². The predicted octanol–water partition coefficient (Wildman–Crippen LogP) is 0.846. The molecule has 0 atom stereocenters.